The number of hydrogen-bond donors (Lipinski definition) is 2. The van der Waals surface area contributed by atoms with E-state index < -0.39 is 0 Å². The molecule has 6 nitrogen and oxygen atoms in total. The third-order valence-corrected chi connectivity index (χ3v) is 3.22. The summed E-state index contributed by atoms with van der Waals surface area (Å²) in [5.74, 6) is 5.21. The van der Waals surface area contributed by atoms with E-state index in [0.29, 0.717) is 18.3 Å². The Hall–Kier alpha value is -0.760. The quantitative estimate of drug-likeness (QED) is 0.592. The molecule has 0 bridgehead atoms. The molecule has 0 amide bonds. The van der Waals surface area contributed by atoms with Crippen molar-refractivity contribution in [1.29, 1.82) is 0 Å². The molecule has 7 heteroatoms. The van der Waals surface area contributed by atoms with E-state index in [4.69, 9.17) is 15.3 Å². The van der Waals surface area contributed by atoms with E-state index in [2.05, 4.69) is 15.6 Å². The second-order valence-electron chi connectivity index (χ2n) is 3.65. The molecular weight excluding hydrogens is 228 g/mol. The van der Waals surface area contributed by atoms with Gasteiger partial charge >= 0.3 is 0 Å². The number of aromatic nitrogens is 2. The van der Waals surface area contributed by atoms with Crippen molar-refractivity contribution in [2.75, 3.05) is 18.6 Å². The predicted octanol–water partition coefficient (Wildman–Crippen LogP) is 0.909. The van der Waals surface area contributed by atoms with Gasteiger partial charge < -0.3 is 9.47 Å². The molecule has 0 saturated carbocycles. The topological polar surface area (TPSA) is 82.3 Å². The van der Waals surface area contributed by atoms with Crippen LogP contribution in [0.3, 0.4) is 0 Å². The first-order valence-electron chi connectivity index (χ1n) is 5.37. The lowest BCUT2D eigenvalue weighted by atomic mass is 10.1. The van der Waals surface area contributed by atoms with E-state index in [0.717, 1.165) is 18.0 Å². The van der Waals surface area contributed by atoms with Crippen molar-refractivity contribution >= 4 is 16.5 Å². The molecule has 1 aromatic rings. The average Bonchev–Trinajstić information content (AvgIpc) is 2.78. The first-order chi connectivity index (χ1) is 7.88. The van der Waals surface area contributed by atoms with Gasteiger partial charge in [-0.05, 0) is 19.3 Å². The summed E-state index contributed by atoms with van der Waals surface area (Å²) in [7, 11) is 0. The maximum Gasteiger partial charge on any atom is 0.219 e. The van der Waals surface area contributed by atoms with E-state index in [1.54, 1.807) is 0 Å². The Morgan fingerprint density at radius 2 is 2.44 bits per heavy atom. The molecule has 1 aliphatic rings. The standard InChI is InChI=1S/C9H16N4O2S/c10-11-9-13-12-8(16-9)6-14-5-7-3-1-2-4-15-7/h7H,1-6,10H2,(H,11,13). The van der Waals surface area contributed by atoms with Gasteiger partial charge in [0.2, 0.25) is 5.13 Å². The number of nitrogens with zero attached hydrogens (tertiary/aromatic N) is 2. The molecule has 3 N–H and O–H groups in total. The minimum absolute atomic E-state index is 0.244. The summed E-state index contributed by atoms with van der Waals surface area (Å²) in [6, 6.07) is 0. The van der Waals surface area contributed by atoms with Crippen molar-refractivity contribution in [2.45, 2.75) is 32.0 Å². The van der Waals surface area contributed by atoms with Crippen LogP contribution in [0.2, 0.25) is 0 Å². The second-order valence-corrected chi connectivity index (χ2v) is 4.71. The number of ether oxygens (including phenoxy) is 2. The molecule has 1 aliphatic heterocycles. The molecule has 2 rings (SSSR count). The zero-order valence-corrected chi connectivity index (χ0v) is 9.83. The van der Waals surface area contributed by atoms with Gasteiger partial charge in [-0.3, -0.25) is 5.43 Å². The van der Waals surface area contributed by atoms with E-state index >= 15 is 0 Å². The van der Waals surface area contributed by atoms with E-state index in [-0.39, 0.29) is 6.10 Å². The maximum atomic E-state index is 5.55. The number of nitrogens with one attached hydrogen (secondary N) is 1. The molecule has 1 saturated heterocycles. The van der Waals surface area contributed by atoms with Crippen LogP contribution in [-0.4, -0.2) is 29.5 Å². The zero-order chi connectivity index (χ0) is 11.2. The molecule has 16 heavy (non-hydrogen) atoms. The number of anilines is 1. The Kier molecular flexibility index (Phi) is 4.46. The fourth-order valence-corrected chi connectivity index (χ4v) is 2.17. The average molecular weight is 244 g/mol. The van der Waals surface area contributed by atoms with Crippen LogP contribution in [-0.2, 0) is 16.1 Å². The van der Waals surface area contributed by atoms with Gasteiger partial charge in [-0.15, -0.1) is 10.2 Å². The lowest BCUT2D eigenvalue weighted by Gasteiger charge is -2.21. The molecule has 1 aromatic heterocycles. The first kappa shape index (κ1) is 11.7. The Morgan fingerprint density at radius 1 is 1.50 bits per heavy atom. The Morgan fingerprint density at radius 3 is 3.12 bits per heavy atom. The molecule has 90 valence electrons. The van der Waals surface area contributed by atoms with Crippen LogP contribution >= 0.6 is 11.3 Å². The minimum Gasteiger partial charge on any atom is -0.376 e. The highest BCUT2D eigenvalue weighted by molar-refractivity contribution is 7.15. The van der Waals surface area contributed by atoms with Crippen LogP contribution in [0.25, 0.3) is 0 Å². The van der Waals surface area contributed by atoms with Crippen molar-refractivity contribution in [2.24, 2.45) is 5.84 Å². The number of hydrogen-bond acceptors (Lipinski definition) is 7. The van der Waals surface area contributed by atoms with E-state index in [9.17, 15) is 0 Å². The molecule has 0 aliphatic carbocycles. The summed E-state index contributed by atoms with van der Waals surface area (Å²) < 4.78 is 11.1. The molecule has 2 heterocycles. The molecule has 0 aromatic carbocycles. The normalized spacial score (nSPS) is 20.9. The highest BCUT2D eigenvalue weighted by Gasteiger charge is 2.14. The SMILES string of the molecule is NNc1nnc(COCC2CCCCO2)s1. The van der Waals surface area contributed by atoms with Crippen LogP contribution in [0.1, 0.15) is 24.3 Å². The Bertz CT molecular complexity index is 314. The minimum atomic E-state index is 0.244. The van der Waals surface area contributed by atoms with Crippen LogP contribution in [0.15, 0.2) is 0 Å². The van der Waals surface area contributed by atoms with Crippen molar-refractivity contribution in [3.8, 4) is 0 Å². The van der Waals surface area contributed by atoms with Gasteiger partial charge in [0.05, 0.1) is 12.7 Å². The monoisotopic (exact) mass is 244 g/mol. The zero-order valence-electron chi connectivity index (χ0n) is 9.02. The maximum absolute atomic E-state index is 5.55. The Balaban J connectivity index is 1.66. The van der Waals surface area contributed by atoms with Crippen LogP contribution in [0.4, 0.5) is 5.13 Å². The van der Waals surface area contributed by atoms with Crippen molar-refractivity contribution < 1.29 is 9.47 Å². The van der Waals surface area contributed by atoms with Gasteiger partial charge in [-0.1, -0.05) is 11.3 Å². The summed E-state index contributed by atoms with van der Waals surface area (Å²) in [5, 5.41) is 9.18. The third-order valence-electron chi connectivity index (χ3n) is 2.39. The molecule has 1 atom stereocenters. The second kappa shape index (κ2) is 6.09. The van der Waals surface area contributed by atoms with Gasteiger partial charge in [-0.2, -0.15) is 0 Å². The van der Waals surface area contributed by atoms with Crippen LogP contribution in [0.5, 0.6) is 0 Å². The summed E-state index contributed by atoms with van der Waals surface area (Å²) in [6.45, 7) is 1.96. The van der Waals surface area contributed by atoms with E-state index in [1.165, 1.54) is 24.2 Å². The third kappa shape index (κ3) is 3.38. The fraction of sp³-hybridized carbons (Fsp3) is 0.778. The highest BCUT2D eigenvalue weighted by atomic mass is 32.1. The van der Waals surface area contributed by atoms with Crippen molar-refractivity contribution in [3.63, 3.8) is 0 Å². The Labute approximate surface area is 98.1 Å². The van der Waals surface area contributed by atoms with Crippen LogP contribution < -0.4 is 11.3 Å². The number of hydrazine groups is 1. The molecule has 0 spiro atoms. The van der Waals surface area contributed by atoms with E-state index in [1.807, 2.05) is 0 Å². The van der Waals surface area contributed by atoms with Gasteiger partial charge in [0.25, 0.3) is 0 Å². The summed E-state index contributed by atoms with van der Waals surface area (Å²) in [4.78, 5) is 0. The summed E-state index contributed by atoms with van der Waals surface area (Å²) in [5.41, 5.74) is 2.45. The lowest BCUT2D eigenvalue weighted by Crippen LogP contribution is -2.24. The van der Waals surface area contributed by atoms with Gasteiger partial charge in [-0.25, -0.2) is 5.84 Å². The lowest BCUT2D eigenvalue weighted by molar-refractivity contribution is -0.0448. The van der Waals surface area contributed by atoms with Crippen LogP contribution in [0, 0.1) is 0 Å². The highest BCUT2D eigenvalue weighted by Crippen LogP contribution is 2.16. The fourth-order valence-electron chi connectivity index (χ4n) is 1.59. The number of rotatable bonds is 5. The number of nitrogen functional groups attached to an aromatic ring is 1. The van der Waals surface area contributed by atoms with Gasteiger partial charge in [0, 0.05) is 6.61 Å². The predicted molar refractivity (Wildman–Crippen MR) is 61.0 cm³/mol. The number of nitrogens with two attached hydrogens (primary N) is 1. The van der Waals surface area contributed by atoms with Crippen molar-refractivity contribution in [3.05, 3.63) is 5.01 Å². The summed E-state index contributed by atoms with van der Waals surface area (Å²) >= 11 is 1.40. The molecular formula is C9H16N4O2S. The molecule has 1 unspecified atom stereocenters. The first-order valence-corrected chi connectivity index (χ1v) is 6.18. The smallest absolute Gasteiger partial charge is 0.219 e. The van der Waals surface area contributed by atoms with Crippen molar-refractivity contribution in [1.82, 2.24) is 10.2 Å². The molecule has 1 fully saturated rings. The van der Waals surface area contributed by atoms with Gasteiger partial charge in [0.15, 0.2) is 0 Å². The largest absolute Gasteiger partial charge is 0.376 e. The summed E-state index contributed by atoms with van der Waals surface area (Å²) in [6.07, 6.45) is 3.73. The molecule has 0 radical (unpaired) electrons. The van der Waals surface area contributed by atoms with Gasteiger partial charge in [0.1, 0.15) is 11.6 Å².